The molecule has 1 aromatic carbocycles. The Kier molecular flexibility index (Phi) is 6.17. The van der Waals surface area contributed by atoms with Crippen LogP contribution in [-0.2, 0) is 19.0 Å². The molecule has 7 nitrogen and oxygen atoms in total. The Morgan fingerprint density at radius 3 is 2.50 bits per heavy atom. The molecule has 30 heavy (non-hydrogen) atoms. The quantitative estimate of drug-likeness (QED) is 0.356. The van der Waals surface area contributed by atoms with Crippen molar-refractivity contribution in [3.05, 3.63) is 39.6 Å². The lowest BCUT2D eigenvalue weighted by atomic mass is 9.69. The van der Waals surface area contributed by atoms with E-state index in [2.05, 4.69) is 6.07 Å². The van der Waals surface area contributed by atoms with Crippen molar-refractivity contribution in [3.63, 3.8) is 0 Å². The third kappa shape index (κ3) is 3.42. The molecular weight excluding hydrogens is 408 g/mol. The van der Waals surface area contributed by atoms with Gasteiger partial charge in [-0.05, 0) is 41.6 Å². The SMILES string of the molecule is CCOCO[C@@H]1c2sccc2[C@@H](c2cc(OC)c(OC)c(OC)c2)[C@@H]2C(=O)OC[C@@H]21. The summed E-state index contributed by atoms with van der Waals surface area (Å²) in [4.78, 5) is 13.9. The summed E-state index contributed by atoms with van der Waals surface area (Å²) in [5.41, 5.74) is 1.98. The van der Waals surface area contributed by atoms with Gasteiger partial charge in [-0.2, -0.15) is 0 Å². The number of thiophene rings is 1. The zero-order valence-corrected chi connectivity index (χ0v) is 18.3. The molecule has 1 aliphatic heterocycles. The molecule has 0 unspecified atom stereocenters. The molecule has 8 heteroatoms. The number of cyclic esters (lactones) is 1. The van der Waals surface area contributed by atoms with Gasteiger partial charge in [0.15, 0.2) is 11.5 Å². The highest BCUT2D eigenvalue weighted by molar-refractivity contribution is 7.10. The predicted molar refractivity (Wildman–Crippen MR) is 111 cm³/mol. The third-order valence-electron chi connectivity index (χ3n) is 5.80. The fourth-order valence-corrected chi connectivity index (χ4v) is 5.56. The van der Waals surface area contributed by atoms with E-state index in [-0.39, 0.29) is 36.6 Å². The standard InChI is InChI=1S/C22H26O7S/c1-5-27-11-29-19-14-10-28-22(23)18(14)17(13-6-7-30-21(13)19)12-8-15(24-2)20(26-4)16(9-12)25-3/h6-9,14,17-19H,5,10-11H2,1-4H3/t14-,17+,18+,19-/m0/s1. The van der Waals surface area contributed by atoms with Gasteiger partial charge in [-0.3, -0.25) is 4.79 Å². The molecule has 1 saturated heterocycles. The Labute approximate surface area is 179 Å². The van der Waals surface area contributed by atoms with Crippen LogP contribution in [0.15, 0.2) is 23.6 Å². The van der Waals surface area contributed by atoms with Crippen molar-refractivity contribution in [3.8, 4) is 17.2 Å². The molecule has 4 atom stereocenters. The van der Waals surface area contributed by atoms with Crippen molar-refractivity contribution < 1.29 is 33.2 Å². The van der Waals surface area contributed by atoms with Gasteiger partial charge in [0.05, 0.1) is 33.9 Å². The van der Waals surface area contributed by atoms with E-state index in [0.717, 1.165) is 16.0 Å². The van der Waals surface area contributed by atoms with E-state index in [0.29, 0.717) is 30.5 Å². The Morgan fingerprint density at radius 2 is 1.87 bits per heavy atom. The number of ether oxygens (including phenoxy) is 6. The molecule has 4 rings (SSSR count). The number of carbonyl (C=O) groups excluding carboxylic acids is 1. The molecule has 0 saturated carbocycles. The average molecular weight is 435 g/mol. The molecule has 0 N–H and O–H groups in total. The summed E-state index contributed by atoms with van der Waals surface area (Å²) in [6.45, 7) is 3.01. The predicted octanol–water partition coefficient (Wildman–Crippen LogP) is 3.76. The number of rotatable bonds is 8. The molecule has 0 spiro atoms. The number of hydrogen-bond donors (Lipinski definition) is 0. The molecule has 0 radical (unpaired) electrons. The lowest BCUT2D eigenvalue weighted by Crippen LogP contribution is -2.35. The van der Waals surface area contributed by atoms with Crippen LogP contribution in [0.1, 0.15) is 34.9 Å². The van der Waals surface area contributed by atoms with E-state index in [1.54, 1.807) is 32.7 Å². The first kappa shape index (κ1) is 21.0. The first-order valence-corrected chi connectivity index (χ1v) is 10.8. The van der Waals surface area contributed by atoms with Gasteiger partial charge in [-0.1, -0.05) is 0 Å². The van der Waals surface area contributed by atoms with Gasteiger partial charge in [-0.25, -0.2) is 0 Å². The van der Waals surface area contributed by atoms with E-state index < -0.39 is 0 Å². The molecule has 0 bridgehead atoms. The van der Waals surface area contributed by atoms with Gasteiger partial charge in [0.2, 0.25) is 5.75 Å². The van der Waals surface area contributed by atoms with Crippen molar-refractivity contribution >= 4 is 17.3 Å². The fourth-order valence-electron chi connectivity index (χ4n) is 4.49. The second-order valence-electron chi connectivity index (χ2n) is 7.19. The van der Waals surface area contributed by atoms with Crippen LogP contribution in [0.5, 0.6) is 17.2 Å². The minimum atomic E-state index is -0.360. The van der Waals surface area contributed by atoms with Crippen molar-refractivity contribution in [1.29, 1.82) is 0 Å². The lowest BCUT2D eigenvalue weighted by molar-refractivity contribution is -0.142. The van der Waals surface area contributed by atoms with Gasteiger partial charge in [0.25, 0.3) is 0 Å². The van der Waals surface area contributed by atoms with E-state index in [9.17, 15) is 4.79 Å². The number of hydrogen-bond acceptors (Lipinski definition) is 8. The van der Waals surface area contributed by atoms with Crippen LogP contribution in [0.4, 0.5) is 0 Å². The molecule has 2 heterocycles. The maximum absolute atomic E-state index is 12.8. The van der Waals surface area contributed by atoms with Gasteiger partial charge in [-0.15, -0.1) is 11.3 Å². The fraction of sp³-hybridized carbons (Fsp3) is 0.500. The Balaban J connectivity index is 1.81. The van der Waals surface area contributed by atoms with Crippen LogP contribution in [-0.4, -0.2) is 47.3 Å². The Morgan fingerprint density at radius 1 is 1.13 bits per heavy atom. The summed E-state index contributed by atoms with van der Waals surface area (Å²) in [6, 6.07) is 5.89. The van der Waals surface area contributed by atoms with Crippen LogP contribution < -0.4 is 14.2 Å². The molecule has 2 aliphatic rings. The van der Waals surface area contributed by atoms with Crippen molar-refractivity contribution in [2.45, 2.75) is 18.9 Å². The zero-order valence-electron chi connectivity index (χ0n) is 17.5. The monoisotopic (exact) mass is 434 g/mol. The zero-order chi connectivity index (χ0) is 21.3. The first-order valence-electron chi connectivity index (χ1n) is 9.87. The van der Waals surface area contributed by atoms with Crippen LogP contribution >= 0.6 is 11.3 Å². The van der Waals surface area contributed by atoms with Gasteiger partial charge in [0, 0.05) is 23.3 Å². The minimum Gasteiger partial charge on any atom is -0.493 e. The summed E-state index contributed by atoms with van der Waals surface area (Å²) in [5, 5.41) is 2.04. The average Bonchev–Trinajstić information content (AvgIpc) is 3.40. The third-order valence-corrected chi connectivity index (χ3v) is 6.80. The van der Waals surface area contributed by atoms with Crippen LogP contribution in [0.2, 0.25) is 0 Å². The molecule has 1 aromatic heterocycles. The first-order chi connectivity index (χ1) is 14.6. The van der Waals surface area contributed by atoms with E-state index >= 15 is 0 Å². The van der Waals surface area contributed by atoms with Crippen molar-refractivity contribution in [1.82, 2.24) is 0 Å². The van der Waals surface area contributed by atoms with Gasteiger partial charge < -0.3 is 28.4 Å². The number of fused-ring (bicyclic) bond motifs is 2. The van der Waals surface area contributed by atoms with Crippen LogP contribution in [0.3, 0.4) is 0 Å². The second-order valence-corrected chi connectivity index (χ2v) is 8.14. The van der Waals surface area contributed by atoms with Crippen molar-refractivity contribution in [2.24, 2.45) is 11.8 Å². The highest BCUT2D eigenvalue weighted by atomic mass is 32.1. The van der Waals surface area contributed by atoms with E-state index in [1.165, 1.54) is 0 Å². The highest BCUT2D eigenvalue weighted by Crippen LogP contribution is 2.55. The maximum atomic E-state index is 12.8. The number of methoxy groups -OCH3 is 3. The topological polar surface area (TPSA) is 72.5 Å². The van der Waals surface area contributed by atoms with Gasteiger partial charge in [0.1, 0.15) is 12.9 Å². The Bertz CT molecular complexity index is 884. The molecule has 1 fully saturated rings. The number of esters is 1. The van der Waals surface area contributed by atoms with E-state index in [4.69, 9.17) is 28.4 Å². The molecule has 1 aliphatic carbocycles. The van der Waals surface area contributed by atoms with E-state index in [1.807, 2.05) is 24.4 Å². The lowest BCUT2D eigenvalue weighted by Gasteiger charge is -2.37. The summed E-state index contributed by atoms with van der Waals surface area (Å²) in [7, 11) is 4.74. The largest absolute Gasteiger partial charge is 0.493 e. The molecule has 0 amide bonds. The van der Waals surface area contributed by atoms with Crippen LogP contribution in [0.25, 0.3) is 0 Å². The van der Waals surface area contributed by atoms with Crippen LogP contribution in [0, 0.1) is 11.8 Å². The maximum Gasteiger partial charge on any atom is 0.310 e. The summed E-state index contributed by atoms with van der Waals surface area (Å²) in [6.07, 6.45) is -0.235. The normalized spacial score (nSPS) is 24.7. The Hall–Kier alpha value is -2.29. The summed E-state index contributed by atoms with van der Waals surface area (Å²) < 4.78 is 33.5. The molecule has 2 aromatic rings. The highest BCUT2D eigenvalue weighted by Gasteiger charge is 2.53. The molecular formula is C22H26O7S. The van der Waals surface area contributed by atoms with Gasteiger partial charge >= 0.3 is 5.97 Å². The minimum absolute atomic E-state index is 0.0896. The smallest absolute Gasteiger partial charge is 0.310 e. The number of benzene rings is 1. The molecule has 162 valence electrons. The summed E-state index contributed by atoms with van der Waals surface area (Å²) in [5.74, 6) is 0.790. The summed E-state index contributed by atoms with van der Waals surface area (Å²) >= 11 is 1.63. The second kappa shape index (κ2) is 8.83. The number of carbonyl (C=O) groups is 1. The van der Waals surface area contributed by atoms with Crippen molar-refractivity contribution in [2.75, 3.05) is 41.3 Å².